The Kier molecular flexibility index (Phi) is 4.34. The molecule has 1 aliphatic rings. The Morgan fingerprint density at radius 1 is 1.57 bits per heavy atom. The highest BCUT2D eigenvalue weighted by molar-refractivity contribution is 6.34. The lowest BCUT2D eigenvalue weighted by atomic mass is 9.94. The molecule has 3 N–H and O–H groups in total. The van der Waals surface area contributed by atoms with Crippen LogP contribution in [0.15, 0.2) is 12.1 Å². The maximum atomic E-state index is 12.3. The minimum absolute atomic E-state index is 0.000925. The summed E-state index contributed by atoms with van der Waals surface area (Å²) in [4.78, 5) is 22.6. The first-order valence-corrected chi connectivity index (χ1v) is 6.84. The van der Waals surface area contributed by atoms with Crippen molar-refractivity contribution in [3.63, 3.8) is 0 Å². The number of non-ortho nitro benzene ring substituents is 1. The minimum atomic E-state index is -0.618. The molecule has 1 fully saturated rings. The molecule has 7 nitrogen and oxygen atoms in total. The van der Waals surface area contributed by atoms with Gasteiger partial charge in [-0.25, -0.2) is 0 Å². The average Bonchev–Trinajstić information content (AvgIpc) is 2.41. The van der Waals surface area contributed by atoms with Crippen molar-refractivity contribution < 1.29 is 14.5 Å². The van der Waals surface area contributed by atoms with Crippen LogP contribution < -0.4 is 11.1 Å². The molecule has 114 valence electrons. The number of anilines is 1. The van der Waals surface area contributed by atoms with E-state index in [4.69, 9.17) is 22.1 Å². The van der Waals surface area contributed by atoms with E-state index in [1.165, 1.54) is 0 Å². The van der Waals surface area contributed by atoms with Crippen LogP contribution in [0, 0.1) is 10.1 Å². The van der Waals surface area contributed by atoms with Crippen molar-refractivity contribution in [2.24, 2.45) is 0 Å². The molecule has 0 aromatic heterocycles. The first kappa shape index (κ1) is 15.5. The van der Waals surface area contributed by atoms with E-state index >= 15 is 0 Å². The molecule has 0 bridgehead atoms. The van der Waals surface area contributed by atoms with E-state index < -0.39 is 16.4 Å². The van der Waals surface area contributed by atoms with Crippen LogP contribution in [0.2, 0.25) is 5.02 Å². The lowest BCUT2D eigenvalue weighted by Crippen LogP contribution is -2.51. The fourth-order valence-corrected chi connectivity index (χ4v) is 2.48. The molecule has 1 aromatic rings. The number of nitrogens with zero attached hydrogens (tertiary/aromatic N) is 1. The van der Waals surface area contributed by atoms with Gasteiger partial charge >= 0.3 is 0 Å². The summed E-state index contributed by atoms with van der Waals surface area (Å²) < 4.78 is 5.36. The smallest absolute Gasteiger partial charge is 0.271 e. The van der Waals surface area contributed by atoms with E-state index in [0.717, 1.165) is 25.0 Å². The highest BCUT2D eigenvalue weighted by Crippen LogP contribution is 2.29. The third-order valence-corrected chi connectivity index (χ3v) is 3.74. The number of nitro benzene ring substituents is 1. The summed E-state index contributed by atoms with van der Waals surface area (Å²) in [6.07, 6.45) is 1.60. The molecule has 1 amide bonds. The van der Waals surface area contributed by atoms with Crippen molar-refractivity contribution in [1.29, 1.82) is 0 Å². The second kappa shape index (κ2) is 5.87. The first-order valence-electron chi connectivity index (χ1n) is 6.46. The van der Waals surface area contributed by atoms with Gasteiger partial charge in [-0.1, -0.05) is 11.6 Å². The summed E-state index contributed by atoms with van der Waals surface area (Å²) >= 11 is 5.85. The van der Waals surface area contributed by atoms with Crippen LogP contribution in [0.5, 0.6) is 0 Å². The van der Waals surface area contributed by atoms with Crippen LogP contribution in [-0.2, 0) is 4.74 Å². The number of ether oxygens (including phenoxy) is 1. The molecule has 0 spiro atoms. The second-order valence-electron chi connectivity index (χ2n) is 5.32. The number of rotatable bonds is 3. The summed E-state index contributed by atoms with van der Waals surface area (Å²) in [5.74, 6) is -0.494. The van der Waals surface area contributed by atoms with E-state index in [-0.39, 0.29) is 22.0 Å². The monoisotopic (exact) mass is 313 g/mol. The maximum absolute atomic E-state index is 12.3. The van der Waals surface area contributed by atoms with E-state index in [1.54, 1.807) is 0 Å². The van der Waals surface area contributed by atoms with Crippen LogP contribution in [-0.4, -0.2) is 29.6 Å². The lowest BCUT2D eigenvalue weighted by molar-refractivity contribution is -0.384. The van der Waals surface area contributed by atoms with Crippen molar-refractivity contribution >= 4 is 28.9 Å². The van der Waals surface area contributed by atoms with Crippen LogP contribution in [0.4, 0.5) is 11.4 Å². The Morgan fingerprint density at radius 3 is 2.86 bits per heavy atom. The van der Waals surface area contributed by atoms with Crippen molar-refractivity contribution in [3.8, 4) is 0 Å². The van der Waals surface area contributed by atoms with Gasteiger partial charge in [0.2, 0.25) is 0 Å². The zero-order valence-corrected chi connectivity index (χ0v) is 12.3. The van der Waals surface area contributed by atoms with Crippen LogP contribution in [0.3, 0.4) is 0 Å². The third-order valence-electron chi connectivity index (χ3n) is 3.42. The number of nitrogens with two attached hydrogens (primary N) is 1. The summed E-state index contributed by atoms with van der Waals surface area (Å²) in [5, 5.41) is 13.7. The zero-order chi connectivity index (χ0) is 15.6. The van der Waals surface area contributed by atoms with Crippen LogP contribution in [0.25, 0.3) is 0 Å². The van der Waals surface area contributed by atoms with Crippen LogP contribution >= 0.6 is 11.6 Å². The molecule has 1 aromatic carbocycles. The van der Waals surface area contributed by atoms with Gasteiger partial charge < -0.3 is 15.8 Å². The largest absolute Gasteiger partial charge is 0.397 e. The number of hydrogen-bond acceptors (Lipinski definition) is 5. The Hall–Kier alpha value is -1.86. The quantitative estimate of drug-likeness (QED) is 0.505. The Morgan fingerprint density at radius 2 is 2.29 bits per heavy atom. The molecule has 8 heteroatoms. The molecular formula is C13H16ClN3O4. The van der Waals surface area contributed by atoms with E-state index in [0.29, 0.717) is 13.2 Å². The minimum Gasteiger partial charge on any atom is -0.397 e. The molecule has 21 heavy (non-hydrogen) atoms. The number of nitrogens with one attached hydrogen (secondary N) is 1. The standard InChI is InChI=1S/C13H16ClN3O4/c1-13(3-2-4-21-7-13)16-12(18)9-5-8(17(19)20)6-10(14)11(9)15/h5-6H,2-4,7,15H2,1H3,(H,16,18). The zero-order valence-electron chi connectivity index (χ0n) is 11.5. The normalized spacial score (nSPS) is 21.8. The summed E-state index contributed by atoms with van der Waals surface area (Å²) in [6, 6.07) is 2.25. The molecule has 0 aliphatic carbocycles. The van der Waals surface area contributed by atoms with Gasteiger partial charge in [-0.2, -0.15) is 0 Å². The molecule has 1 atom stereocenters. The van der Waals surface area contributed by atoms with Gasteiger partial charge in [0.15, 0.2) is 0 Å². The van der Waals surface area contributed by atoms with E-state index in [2.05, 4.69) is 5.32 Å². The number of carbonyl (C=O) groups is 1. The number of carbonyl (C=O) groups excluding carboxylic acids is 1. The molecule has 0 saturated carbocycles. The summed E-state index contributed by atoms with van der Waals surface area (Å²) in [7, 11) is 0. The van der Waals surface area contributed by atoms with Gasteiger partial charge in [0.05, 0.1) is 33.3 Å². The van der Waals surface area contributed by atoms with Crippen LogP contribution in [0.1, 0.15) is 30.1 Å². The number of nitrogen functional groups attached to an aromatic ring is 1. The molecule has 0 radical (unpaired) electrons. The molecule has 1 heterocycles. The van der Waals surface area contributed by atoms with Gasteiger partial charge in [-0.15, -0.1) is 0 Å². The number of halogens is 1. The van der Waals surface area contributed by atoms with Crippen molar-refractivity contribution in [2.45, 2.75) is 25.3 Å². The highest BCUT2D eigenvalue weighted by Gasteiger charge is 2.31. The van der Waals surface area contributed by atoms with E-state index in [1.807, 2.05) is 6.92 Å². The highest BCUT2D eigenvalue weighted by atomic mass is 35.5. The fraction of sp³-hybridized carbons (Fsp3) is 0.462. The van der Waals surface area contributed by atoms with Gasteiger partial charge in [-0.3, -0.25) is 14.9 Å². The Bertz CT molecular complexity index is 585. The predicted molar refractivity (Wildman–Crippen MR) is 78.4 cm³/mol. The molecular weight excluding hydrogens is 298 g/mol. The average molecular weight is 314 g/mol. The predicted octanol–water partition coefficient (Wildman–Crippen LogP) is 2.13. The van der Waals surface area contributed by atoms with Gasteiger partial charge in [0.1, 0.15) is 0 Å². The lowest BCUT2D eigenvalue weighted by Gasteiger charge is -2.34. The Labute approximate surface area is 126 Å². The second-order valence-corrected chi connectivity index (χ2v) is 5.72. The van der Waals surface area contributed by atoms with Crippen molar-refractivity contribution in [2.75, 3.05) is 18.9 Å². The Balaban J connectivity index is 2.28. The number of nitro groups is 1. The summed E-state index contributed by atoms with van der Waals surface area (Å²) in [5.41, 5.74) is 4.99. The number of benzene rings is 1. The maximum Gasteiger partial charge on any atom is 0.271 e. The van der Waals surface area contributed by atoms with Gasteiger partial charge in [0.25, 0.3) is 11.6 Å². The van der Waals surface area contributed by atoms with Crippen molar-refractivity contribution in [3.05, 3.63) is 32.8 Å². The van der Waals surface area contributed by atoms with E-state index in [9.17, 15) is 14.9 Å². The molecule has 1 aliphatic heterocycles. The molecule has 1 saturated heterocycles. The third kappa shape index (κ3) is 3.43. The van der Waals surface area contributed by atoms with Gasteiger partial charge in [0, 0.05) is 18.7 Å². The number of amides is 1. The first-order chi connectivity index (χ1) is 9.82. The van der Waals surface area contributed by atoms with Gasteiger partial charge in [-0.05, 0) is 19.8 Å². The molecule has 1 unspecified atom stereocenters. The van der Waals surface area contributed by atoms with Crippen molar-refractivity contribution in [1.82, 2.24) is 5.32 Å². The molecule has 2 rings (SSSR count). The summed E-state index contributed by atoms with van der Waals surface area (Å²) in [6.45, 7) is 2.91. The SMILES string of the molecule is CC1(NC(=O)c2cc([N+](=O)[O-])cc(Cl)c2N)CCCOC1. The number of hydrogen-bond donors (Lipinski definition) is 2. The fourth-order valence-electron chi connectivity index (χ4n) is 2.27. The topological polar surface area (TPSA) is 107 Å².